The molecule has 0 radical (unpaired) electrons. The summed E-state index contributed by atoms with van der Waals surface area (Å²) in [7, 11) is 0. The summed E-state index contributed by atoms with van der Waals surface area (Å²) in [5, 5.41) is 0. The largest absolute Gasteiger partial charge is 0.376 e. The van der Waals surface area contributed by atoms with Gasteiger partial charge in [-0.25, -0.2) is 0 Å². The first-order chi connectivity index (χ1) is 6.01. The Bertz CT molecular complexity index is 151. The van der Waals surface area contributed by atoms with E-state index in [2.05, 4.69) is 32.6 Å². The van der Waals surface area contributed by atoms with E-state index in [1.54, 1.807) is 0 Å². The molecule has 1 aliphatic heterocycles. The summed E-state index contributed by atoms with van der Waals surface area (Å²) in [5.74, 6) is 0.763. The highest BCUT2D eigenvalue weighted by atomic mass is 16.5. The first-order valence-corrected chi connectivity index (χ1v) is 5.37. The van der Waals surface area contributed by atoms with Gasteiger partial charge < -0.3 is 9.64 Å². The van der Waals surface area contributed by atoms with Crippen LogP contribution in [0, 0.1) is 5.92 Å². The molecule has 1 aliphatic rings. The number of hydrogen-bond donors (Lipinski definition) is 0. The summed E-state index contributed by atoms with van der Waals surface area (Å²) < 4.78 is 5.78. The zero-order valence-electron chi connectivity index (χ0n) is 9.47. The molecule has 0 N–H and O–H groups in total. The van der Waals surface area contributed by atoms with Crippen LogP contribution in [0.3, 0.4) is 0 Å². The zero-order valence-corrected chi connectivity index (χ0v) is 9.47. The lowest BCUT2D eigenvalue weighted by Gasteiger charge is -2.22. The van der Waals surface area contributed by atoms with E-state index in [0.717, 1.165) is 12.5 Å². The number of rotatable bonds is 3. The Morgan fingerprint density at radius 1 is 1.38 bits per heavy atom. The van der Waals surface area contributed by atoms with Gasteiger partial charge in [0.15, 0.2) is 0 Å². The highest BCUT2D eigenvalue weighted by molar-refractivity contribution is 4.75. The maximum Gasteiger partial charge on any atom is 0.0598 e. The number of ether oxygens (including phenoxy) is 1. The van der Waals surface area contributed by atoms with E-state index < -0.39 is 0 Å². The lowest BCUT2D eigenvalue weighted by Crippen LogP contribution is -2.26. The molecule has 1 rings (SSSR count). The quantitative estimate of drug-likeness (QED) is 0.668. The monoisotopic (exact) mass is 185 g/mol. The fourth-order valence-corrected chi connectivity index (χ4v) is 1.70. The molecule has 78 valence electrons. The van der Waals surface area contributed by atoms with Gasteiger partial charge in [-0.3, -0.25) is 0 Å². The van der Waals surface area contributed by atoms with Crippen LogP contribution < -0.4 is 0 Å². The smallest absolute Gasteiger partial charge is 0.0598 e. The fourth-order valence-electron chi connectivity index (χ4n) is 1.70. The van der Waals surface area contributed by atoms with Crippen LogP contribution in [0.5, 0.6) is 0 Å². The lowest BCUT2D eigenvalue weighted by atomic mass is 10.1. The van der Waals surface area contributed by atoms with E-state index in [9.17, 15) is 0 Å². The van der Waals surface area contributed by atoms with Gasteiger partial charge in [-0.05, 0) is 46.2 Å². The first kappa shape index (κ1) is 11.0. The van der Waals surface area contributed by atoms with E-state index in [-0.39, 0.29) is 5.60 Å². The lowest BCUT2D eigenvalue weighted by molar-refractivity contribution is -0.0204. The second-order valence-electron chi connectivity index (χ2n) is 4.97. The average Bonchev–Trinajstić information content (AvgIpc) is 2.47. The summed E-state index contributed by atoms with van der Waals surface area (Å²) in [6, 6.07) is 0. The molecular formula is C11H23NO. The summed E-state index contributed by atoms with van der Waals surface area (Å²) in [4.78, 5) is 2.50. The van der Waals surface area contributed by atoms with E-state index in [1.165, 1.54) is 26.1 Å². The van der Waals surface area contributed by atoms with E-state index in [1.807, 2.05) is 0 Å². The van der Waals surface area contributed by atoms with Crippen LogP contribution in [0.2, 0.25) is 0 Å². The third-order valence-corrected chi connectivity index (χ3v) is 2.57. The first-order valence-electron chi connectivity index (χ1n) is 5.37. The SMILES string of the molecule is CCN1CC[C@@H](COC(C)(C)C)C1. The molecule has 1 atom stereocenters. The average molecular weight is 185 g/mol. The normalized spacial score (nSPS) is 25.4. The fraction of sp³-hybridized carbons (Fsp3) is 1.00. The number of hydrogen-bond acceptors (Lipinski definition) is 2. The third kappa shape index (κ3) is 4.10. The van der Waals surface area contributed by atoms with Gasteiger partial charge in [-0.15, -0.1) is 0 Å². The molecule has 0 unspecified atom stereocenters. The highest BCUT2D eigenvalue weighted by Crippen LogP contribution is 2.18. The van der Waals surface area contributed by atoms with Crippen molar-refractivity contribution in [3.8, 4) is 0 Å². The van der Waals surface area contributed by atoms with Crippen molar-refractivity contribution in [3.05, 3.63) is 0 Å². The van der Waals surface area contributed by atoms with Crippen LogP contribution in [-0.4, -0.2) is 36.7 Å². The molecule has 13 heavy (non-hydrogen) atoms. The minimum Gasteiger partial charge on any atom is -0.376 e. The van der Waals surface area contributed by atoms with Crippen LogP contribution in [0.15, 0.2) is 0 Å². The Morgan fingerprint density at radius 2 is 2.08 bits per heavy atom. The van der Waals surface area contributed by atoms with Gasteiger partial charge >= 0.3 is 0 Å². The van der Waals surface area contributed by atoms with E-state index in [0.29, 0.717) is 0 Å². The van der Waals surface area contributed by atoms with Gasteiger partial charge in [0.2, 0.25) is 0 Å². The molecule has 1 heterocycles. The molecule has 0 aliphatic carbocycles. The predicted molar refractivity (Wildman–Crippen MR) is 55.9 cm³/mol. The van der Waals surface area contributed by atoms with Crippen LogP contribution in [-0.2, 0) is 4.74 Å². The maximum atomic E-state index is 5.78. The van der Waals surface area contributed by atoms with Crippen molar-refractivity contribution in [2.24, 2.45) is 5.92 Å². The van der Waals surface area contributed by atoms with Gasteiger partial charge in [0.05, 0.1) is 12.2 Å². The minimum absolute atomic E-state index is 0.0274. The maximum absolute atomic E-state index is 5.78. The Labute approximate surface area is 82.3 Å². The molecule has 0 saturated carbocycles. The minimum atomic E-state index is 0.0274. The van der Waals surface area contributed by atoms with Crippen molar-refractivity contribution in [1.82, 2.24) is 4.90 Å². The van der Waals surface area contributed by atoms with Crippen molar-refractivity contribution in [2.45, 2.75) is 39.7 Å². The summed E-state index contributed by atoms with van der Waals surface area (Å²) in [6.45, 7) is 13.2. The van der Waals surface area contributed by atoms with Crippen LogP contribution in [0.25, 0.3) is 0 Å². The van der Waals surface area contributed by atoms with Gasteiger partial charge in [-0.2, -0.15) is 0 Å². The standard InChI is InChI=1S/C11H23NO/c1-5-12-7-6-10(8-12)9-13-11(2,3)4/h10H,5-9H2,1-4H3/t10-/m1/s1. The molecule has 1 saturated heterocycles. The molecule has 0 spiro atoms. The van der Waals surface area contributed by atoms with Crippen LogP contribution in [0.1, 0.15) is 34.1 Å². The molecule has 2 heteroatoms. The summed E-state index contributed by atoms with van der Waals surface area (Å²) in [6.07, 6.45) is 1.31. The van der Waals surface area contributed by atoms with Crippen molar-refractivity contribution in [1.29, 1.82) is 0 Å². The van der Waals surface area contributed by atoms with Gasteiger partial charge in [0, 0.05) is 6.54 Å². The van der Waals surface area contributed by atoms with E-state index >= 15 is 0 Å². The molecule has 0 aromatic rings. The highest BCUT2D eigenvalue weighted by Gasteiger charge is 2.23. The Hall–Kier alpha value is -0.0800. The van der Waals surface area contributed by atoms with Gasteiger partial charge in [0.25, 0.3) is 0 Å². The Kier molecular flexibility index (Phi) is 3.74. The molecule has 0 aromatic heterocycles. The summed E-state index contributed by atoms with van der Waals surface area (Å²) in [5.41, 5.74) is 0.0274. The number of likely N-dealkylation sites (tertiary alicyclic amines) is 1. The number of nitrogens with zero attached hydrogens (tertiary/aromatic N) is 1. The molecule has 0 amide bonds. The zero-order chi connectivity index (χ0) is 9.90. The van der Waals surface area contributed by atoms with Crippen molar-refractivity contribution in [3.63, 3.8) is 0 Å². The van der Waals surface area contributed by atoms with Crippen LogP contribution in [0.4, 0.5) is 0 Å². The predicted octanol–water partition coefficient (Wildman–Crippen LogP) is 2.14. The Morgan fingerprint density at radius 3 is 2.54 bits per heavy atom. The van der Waals surface area contributed by atoms with Crippen molar-refractivity contribution >= 4 is 0 Å². The topological polar surface area (TPSA) is 12.5 Å². The van der Waals surface area contributed by atoms with Gasteiger partial charge in [0.1, 0.15) is 0 Å². The molecule has 0 bridgehead atoms. The second-order valence-corrected chi connectivity index (χ2v) is 4.97. The van der Waals surface area contributed by atoms with Crippen molar-refractivity contribution < 1.29 is 4.74 Å². The molecule has 0 aromatic carbocycles. The second kappa shape index (κ2) is 4.43. The van der Waals surface area contributed by atoms with Gasteiger partial charge in [-0.1, -0.05) is 6.92 Å². The Balaban J connectivity index is 2.17. The molecule has 1 fully saturated rings. The van der Waals surface area contributed by atoms with E-state index in [4.69, 9.17) is 4.74 Å². The summed E-state index contributed by atoms with van der Waals surface area (Å²) >= 11 is 0. The van der Waals surface area contributed by atoms with Crippen LogP contribution >= 0.6 is 0 Å². The molecular weight excluding hydrogens is 162 g/mol. The van der Waals surface area contributed by atoms with Crippen molar-refractivity contribution in [2.75, 3.05) is 26.2 Å². The third-order valence-electron chi connectivity index (χ3n) is 2.57. The molecule has 2 nitrogen and oxygen atoms in total.